The number of anilines is 1. The Morgan fingerprint density at radius 3 is 2.20 bits per heavy atom. The third-order valence-electron chi connectivity index (χ3n) is 4.62. The monoisotopic (exact) mass is 343 g/mol. The van der Waals surface area contributed by atoms with Gasteiger partial charge in [-0.15, -0.1) is 0 Å². The Morgan fingerprint density at radius 1 is 1.08 bits per heavy atom. The van der Waals surface area contributed by atoms with Crippen LogP contribution in [0.2, 0.25) is 0 Å². The number of rotatable bonds is 4. The molecule has 2 aromatic rings. The van der Waals surface area contributed by atoms with Crippen molar-refractivity contribution in [3.63, 3.8) is 0 Å². The average Bonchev–Trinajstić information content (AvgIpc) is 2.87. The Morgan fingerprint density at radius 2 is 1.68 bits per heavy atom. The van der Waals surface area contributed by atoms with Crippen LogP contribution in [0.3, 0.4) is 0 Å². The lowest BCUT2D eigenvalue weighted by Gasteiger charge is -2.09. The van der Waals surface area contributed by atoms with Crippen LogP contribution in [0, 0.1) is 38.0 Å². The molecule has 1 aliphatic carbocycles. The predicted octanol–water partition coefficient (Wildman–Crippen LogP) is 1.88. The highest BCUT2D eigenvalue weighted by Crippen LogP contribution is 2.58. The van der Waals surface area contributed by atoms with E-state index < -0.39 is 23.2 Å². The Hall–Kier alpha value is -2.77. The fourth-order valence-corrected chi connectivity index (χ4v) is 3.33. The summed E-state index contributed by atoms with van der Waals surface area (Å²) in [7, 11) is 0. The first-order valence-corrected chi connectivity index (χ1v) is 8.04. The van der Waals surface area contributed by atoms with Gasteiger partial charge in [0.05, 0.1) is 17.5 Å². The lowest BCUT2D eigenvalue weighted by atomic mass is 10.1. The van der Waals surface area contributed by atoms with Crippen LogP contribution in [0.25, 0.3) is 5.95 Å². The normalized spacial score (nSPS) is 21.0. The van der Waals surface area contributed by atoms with Gasteiger partial charge in [0, 0.05) is 17.5 Å². The van der Waals surface area contributed by atoms with Crippen LogP contribution in [0.5, 0.6) is 0 Å². The maximum atomic E-state index is 12.6. The zero-order valence-corrected chi connectivity index (χ0v) is 14.9. The summed E-state index contributed by atoms with van der Waals surface area (Å²) in [6.45, 7) is 9.08. The SMILES string of the molecule is Cc1cc(C)nc(-n2nc(C)cc2NC(=O)[C@H]2[C@H](C(=O)O)C2(C)C)n1. The van der Waals surface area contributed by atoms with Crippen molar-refractivity contribution in [2.24, 2.45) is 17.3 Å². The number of carbonyl (C=O) groups is 2. The van der Waals surface area contributed by atoms with Crippen LogP contribution in [0.4, 0.5) is 5.82 Å². The first-order valence-electron chi connectivity index (χ1n) is 8.04. The largest absolute Gasteiger partial charge is 0.481 e. The van der Waals surface area contributed by atoms with Crippen LogP contribution in [0.1, 0.15) is 30.9 Å². The molecule has 8 nitrogen and oxygen atoms in total. The van der Waals surface area contributed by atoms with Crippen molar-refractivity contribution in [1.82, 2.24) is 19.7 Å². The summed E-state index contributed by atoms with van der Waals surface area (Å²) < 4.78 is 1.47. The second kappa shape index (κ2) is 5.65. The Balaban J connectivity index is 1.90. The smallest absolute Gasteiger partial charge is 0.307 e. The maximum absolute atomic E-state index is 12.6. The fourth-order valence-electron chi connectivity index (χ4n) is 3.33. The predicted molar refractivity (Wildman–Crippen MR) is 90.4 cm³/mol. The first kappa shape index (κ1) is 17.1. The Kier molecular flexibility index (Phi) is 3.85. The molecule has 1 saturated carbocycles. The molecule has 2 atom stereocenters. The van der Waals surface area contributed by atoms with Crippen LogP contribution in [0.15, 0.2) is 12.1 Å². The second-order valence-electron chi connectivity index (χ2n) is 7.14. The lowest BCUT2D eigenvalue weighted by Crippen LogP contribution is -2.20. The highest BCUT2D eigenvalue weighted by atomic mass is 16.4. The van der Waals surface area contributed by atoms with Crippen LogP contribution in [-0.2, 0) is 9.59 Å². The zero-order chi connectivity index (χ0) is 18.5. The minimum Gasteiger partial charge on any atom is -0.481 e. The Bertz CT molecular complexity index is 851. The van der Waals surface area contributed by atoms with Crippen molar-refractivity contribution in [2.45, 2.75) is 34.6 Å². The molecule has 0 unspecified atom stereocenters. The van der Waals surface area contributed by atoms with Crippen molar-refractivity contribution in [3.8, 4) is 5.95 Å². The number of carboxylic acid groups (broad SMARTS) is 1. The minimum atomic E-state index is -0.951. The summed E-state index contributed by atoms with van der Waals surface area (Å²) >= 11 is 0. The van der Waals surface area contributed by atoms with Crippen LogP contribution < -0.4 is 5.32 Å². The topological polar surface area (TPSA) is 110 Å². The van der Waals surface area contributed by atoms with Crippen molar-refractivity contribution >= 4 is 17.7 Å². The van der Waals surface area contributed by atoms with Gasteiger partial charge in [0.25, 0.3) is 5.95 Å². The van der Waals surface area contributed by atoms with Gasteiger partial charge in [-0.3, -0.25) is 9.59 Å². The number of amides is 1. The molecule has 132 valence electrons. The van der Waals surface area contributed by atoms with Gasteiger partial charge in [0.1, 0.15) is 5.82 Å². The summed E-state index contributed by atoms with van der Waals surface area (Å²) in [5.74, 6) is -1.74. The molecule has 0 aliphatic heterocycles. The minimum absolute atomic E-state index is 0.331. The molecule has 0 aromatic carbocycles. The van der Waals surface area contributed by atoms with E-state index in [4.69, 9.17) is 0 Å². The van der Waals surface area contributed by atoms with E-state index in [1.165, 1.54) is 4.68 Å². The summed E-state index contributed by atoms with van der Waals surface area (Å²) in [5.41, 5.74) is 1.72. The number of carbonyl (C=O) groups excluding carboxylic acids is 1. The average molecular weight is 343 g/mol. The molecule has 1 fully saturated rings. The fraction of sp³-hybridized carbons (Fsp3) is 0.471. The van der Waals surface area contributed by atoms with Gasteiger partial charge >= 0.3 is 5.97 Å². The van der Waals surface area contributed by atoms with E-state index >= 15 is 0 Å². The van der Waals surface area contributed by atoms with Gasteiger partial charge in [-0.1, -0.05) is 13.8 Å². The lowest BCUT2D eigenvalue weighted by molar-refractivity contribution is -0.140. The molecule has 0 spiro atoms. The van der Waals surface area contributed by atoms with Gasteiger partial charge in [-0.2, -0.15) is 9.78 Å². The number of aryl methyl sites for hydroxylation is 3. The third-order valence-corrected chi connectivity index (χ3v) is 4.62. The van der Waals surface area contributed by atoms with Crippen molar-refractivity contribution in [1.29, 1.82) is 0 Å². The zero-order valence-electron chi connectivity index (χ0n) is 14.9. The number of hydrogen-bond donors (Lipinski definition) is 2. The second-order valence-corrected chi connectivity index (χ2v) is 7.14. The number of aliphatic carboxylic acids is 1. The highest BCUT2D eigenvalue weighted by Gasteiger charge is 2.66. The molecule has 2 aromatic heterocycles. The van der Waals surface area contributed by atoms with E-state index in [-0.39, 0.29) is 5.91 Å². The van der Waals surface area contributed by atoms with Crippen molar-refractivity contribution in [2.75, 3.05) is 5.32 Å². The number of hydrogen-bond acceptors (Lipinski definition) is 5. The highest BCUT2D eigenvalue weighted by molar-refractivity contribution is 5.99. The molecule has 0 saturated heterocycles. The van der Waals surface area contributed by atoms with Gasteiger partial charge in [0.15, 0.2) is 0 Å². The van der Waals surface area contributed by atoms with E-state index in [1.807, 2.05) is 19.9 Å². The Labute approximate surface area is 145 Å². The van der Waals surface area contributed by atoms with Crippen molar-refractivity contribution < 1.29 is 14.7 Å². The molecular weight excluding hydrogens is 322 g/mol. The van der Waals surface area contributed by atoms with Crippen molar-refractivity contribution in [3.05, 3.63) is 29.2 Å². The molecule has 8 heteroatoms. The molecule has 0 bridgehead atoms. The molecule has 1 amide bonds. The van der Waals surface area contributed by atoms with E-state index in [2.05, 4.69) is 20.4 Å². The van der Waals surface area contributed by atoms with Crippen LogP contribution >= 0.6 is 0 Å². The molecule has 25 heavy (non-hydrogen) atoms. The first-order chi connectivity index (χ1) is 11.6. The van der Waals surface area contributed by atoms with Crippen LogP contribution in [-0.4, -0.2) is 36.7 Å². The molecular formula is C17H21N5O3. The molecule has 3 rings (SSSR count). The quantitative estimate of drug-likeness (QED) is 0.877. The van der Waals surface area contributed by atoms with E-state index in [1.54, 1.807) is 26.8 Å². The molecule has 0 radical (unpaired) electrons. The van der Waals surface area contributed by atoms with Gasteiger partial charge < -0.3 is 10.4 Å². The summed E-state index contributed by atoms with van der Waals surface area (Å²) in [6, 6.07) is 3.56. The molecule has 2 N–H and O–H groups in total. The number of nitrogens with zero attached hydrogens (tertiary/aromatic N) is 4. The van der Waals surface area contributed by atoms with E-state index in [9.17, 15) is 14.7 Å². The van der Waals surface area contributed by atoms with Gasteiger partial charge in [-0.05, 0) is 32.3 Å². The van der Waals surface area contributed by atoms with Gasteiger partial charge in [0.2, 0.25) is 5.91 Å². The van der Waals surface area contributed by atoms with Gasteiger partial charge in [-0.25, -0.2) is 9.97 Å². The van der Waals surface area contributed by atoms with E-state index in [0.717, 1.165) is 11.4 Å². The number of nitrogens with one attached hydrogen (secondary N) is 1. The molecule has 1 aliphatic rings. The maximum Gasteiger partial charge on any atom is 0.307 e. The summed E-state index contributed by atoms with van der Waals surface area (Å²) in [6.07, 6.45) is 0. The number of carboxylic acids is 1. The summed E-state index contributed by atoms with van der Waals surface area (Å²) in [5, 5.41) is 16.4. The molecule has 2 heterocycles. The van der Waals surface area contributed by atoms with E-state index in [0.29, 0.717) is 17.5 Å². The number of aromatic nitrogens is 4. The third kappa shape index (κ3) is 2.99. The standard InChI is InChI=1S/C17H21N5O3/c1-8-6-9(2)19-16(18-8)22-11(7-10(3)21-22)20-14(23)12-13(15(24)25)17(12,4)5/h6-7,12-13H,1-5H3,(H,20,23)(H,24,25)/t12-,13-/m1/s1. The summed E-state index contributed by atoms with van der Waals surface area (Å²) in [4.78, 5) is 32.6.